The number of nitrogens with one attached hydrogen (secondary N) is 4. The molecule has 10 nitrogen and oxygen atoms in total. The molecule has 0 bridgehead atoms. The van der Waals surface area contributed by atoms with Crippen molar-refractivity contribution in [1.29, 1.82) is 0 Å². The predicted molar refractivity (Wildman–Crippen MR) is 145 cm³/mol. The summed E-state index contributed by atoms with van der Waals surface area (Å²) < 4.78 is 15.6. The summed E-state index contributed by atoms with van der Waals surface area (Å²) in [5.74, 6) is -0.581. The van der Waals surface area contributed by atoms with Crippen LogP contribution in [0.3, 0.4) is 0 Å². The van der Waals surface area contributed by atoms with E-state index in [0.717, 1.165) is 50.4 Å². The number of amides is 2. The molecule has 3 heterocycles. The van der Waals surface area contributed by atoms with Crippen molar-refractivity contribution in [3.63, 3.8) is 0 Å². The maximum Gasteiger partial charge on any atom is 0.276 e. The van der Waals surface area contributed by atoms with E-state index in [9.17, 15) is 14.0 Å². The molecule has 2 saturated carbocycles. The van der Waals surface area contributed by atoms with Gasteiger partial charge >= 0.3 is 0 Å². The zero-order chi connectivity index (χ0) is 26.8. The molecule has 2 aliphatic rings. The van der Waals surface area contributed by atoms with E-state index in [1.165, 1.54) is 23.0 Å². The summed E-state index contributed by atoms with van der Waals surface area (Å²) in [6, 6.07) is 13.2. The Balaban J connectivity index is 1.16. The van der Waals surface area contributed by atoms with Crippen LogP contribution >= 0.6 is 0 Å². The molecule has 0 radical (unpaired) electrons. The molecule has 11 heteroatoms. The van der Waals surface area contributed by atoms with Crippen LogP contribution in [0.4, 0.5) is 21.6 Å². The molecule has 200 valence electrons. The predicted octanol–water partition coefficient (Wildman–Crippen LogP) is 4.24. The van der Waals surface area contributed by atoms with Crippen LogP contribution < -0.4 is 21.3 Å². The Morgan fingerprint density at radius 3 is 2.31 bits per heavy atom. The third-order valence-corrected chi connectivity index (χ3v) is 7.11. The smallest absolute Gasteiger partial charge is 0.276 e. The minimum Gasteiger partial charge on any atom is -0.379 e. The molecule has 2 aliphatic carbocycles. The van der Waals surface area contributed by atoms with Gasteiger partial charge in [0.1, 0.15) is 5.82 Å². The van der Waals surface area contributed by atoms with Gasteiger partial charge in [0.05, 0.1) is 23.8 Å². The van der Waals surface area contributed by atoms with Crippen molar-refractivity contribution in [3.8, 4) is 0 Å². The molecule has 4 aromatic rings. The number of imidazole rings is 1. The highest BCUT2D eigenvalue weighted by Gasteiger charge is 2.26. The minimum atomic E-state index is -0.623. The highest BCUT2D eigenvalue weighted by molar-refractivity contribution is 6.03. The van der Waals surface area contributed by atoms with E-state index < -0.39 is 11.7 Å². The van der Waals surface area contributed by atoms with Crippen LogP contribution in [-0.4, -0.2) is 49.5 Å². The van der Waals surface area contributed by atoms with E-state index in [0.29, 0.717) is 23.1 Å². The van der Waals surface area contributed by atoms with Gasteiger partial charge in [0.15, 0.2) is 17.2 Å². The Labute approximate surface area is 224 Å². The number of halogens is 1. The maximum absolute atomic E-state index is 14.1. The Kier molecular flexibility index (Phi) is 6.78. The Morgan fingerprint density at radius 2 is 1.56 bits per heavy atom. The van der Waals surface area contributed by atoms with Gasteiger partial charge in [-0.1, -0.05) is 18.2 Å². The number of nitrogens with zero attached hydrogens (tertiary/aromatic N) is 4. The fourth-order valence-corrected chi connectivity index (χ4v) is 4.86. The Bertz CT molecular complexity index is 1500. The van der Waals surface area contributed by atoms with Crippen molar-refractivity contribution in [2.75, 3.05) is 16.0 Å². The van der Waals surface area contributed by atoms with E-state index in [1.807, 2.05) is 36.4 Å². The van der Waals surface area contributed by atoms with Crippen LogP contribution in [-0.2, 0) is 0 Å². The summed E-state index contributed by atoms with van der Waals surface area (Å²) in [5, 5.41) is 17.4. The second-order valence-corrected chi connectivity index (χ2v) is 10.1. The number of benzene rings is 1. The van der Waals surface area contributed by atoms with E-state index in [2.05, 4.69) is 36.3 Å². The zero-order valence-electron chi connectivity index (χ0n) is 21.2. The van der Waals surface area contributed by atoms with Gasteiger partial charge in [0, 0.05) is 36.0 Å². The molecule has 0 atom stereocenters. The monoisotopic (exact) mass is 528 g/mol. The highest BCUT2D eigenvalue weighted by atomic mass is 19.1. The maximum atomic E-state index is 14.1. The van der Waals surface area contributed by atoms with Crippen molar-refractivity contribution < 1.29 is 14.0 Å². The third kappa shape index (κ3) is 5.66. The van der Waals surface area contributed by atoms with Gasteiger partial charge in [-0.25, -0.2) is 13.9 Å². The molecule has 39 heavy (non-hydrogen) atoms. The minimum absolute atomic E-state index is 0.0340. The van der Waals surface area contributed by atoms with Crippen LogP contribution in [0.5, 0.6) is 0 Å². The average molecular weight is 529 g/mol. The first kappa shape index (κ1) is 24.8. The first-order chi connectivity index (χ1) is 19.0. The molecular weight excluding hydrogens is 499 g/mol. The summed E-state index contributed by atoms with van der Waals surface area (Å²) in [4.78, 5) is 33.7. The molecule has 4 N–H and O–H groups in total. The number of anilines is 3. The largest absolute Gasteiger partial charge is 0.379 e. The second kappa shape index (κ2) is 10.7. The standard InChI is InChI=1S/C28H29FN8O2/c29-21-15-30-13-12-22(21)35-28(39)24-16-31-26-23(32-18-6-7-18)14-25(36-37(24)26)33-19-8-10-20(11-9-19)34-27(38)17-4-2-1-3-5-17/h1-5,12-16,18-20,32H,6-11H2,(H,33,36)(H,34,38)(H,30,35,39)/t19-,20-. The summed E-state index contributed by atoms with van der Waals surface area (Å²) in [6.45, 7) is 0. The van der Waals surface area contributed by atoms with Gasteiger partial charge in [-0.15, -0.1) is 5.10 Å². The van der Waals surface area contributed by atoms with Crippen LogP contribution in [0, 0.1) is 5.82 Å². The lowest BCUT2D eigenvalue weighted by Crippen LogP contribution is -2.40. The molecule has 2 amide bonds. The van der Waals surface area contributed by atoms with E-state index in [-0.39, 0.29) is 29.4 Å². The van der Waals surface area contributed by atoms with E-state index in [4.69, 9.17) is 0 Å². The van der Waals surface area contributed by atoms with Crippen LogP contribution in [0.2, 0.25) is 0 Å². The number of hydrogen-bond acceptors (Lipinski definition) is 7. The van der Waals surface area contributed by atoms with E-state index >= 15 is 0 Å². The fraction of sp³-hybridized carbons (Fsp3) is 0.321. The number of carbonyl (C=O) groups excluding carboxylic acids is 2. The lowest BCUT2D eigenvalue weighted by atomic mass is 9.91. The van der Waals surface area contributed by atoms with Gasteiger partial charge in [-0.05, 0) is 56.7 Å². The summed E-state index contributed by atoms with van der Waals surface area (Å²) in [7, 11) is 0. The number of hydrogen-bond donors (Lipinski definition) is 4. The molecule has 3 aromatic heterocycles. The normalized spacial score (nSPS) is 18.9. The number of fused-ring (bicyclic) bond motifs is 1. The van der Waals surface area contributed by atoms with Crippen molar-refractivity contribution >= 4 is 34.7 Å². The van der Waals surface area contributed by atoms with Gasteiger partial charge in [0.25, 0.3) is 11.8 Å². The lowest BCUT2D eigenvalue weighted by molar-refractivity contribution is 0.0925. The summed E-state index contributed by atoms with van der Waals surface area (Å²) in [6.07, 6.45) is 9.48. The molecule has 0 saturated heterocycles. The highest BCUT2D eigenvalue weighted by Crippen LogP contribution is 2.30. The number of aromatic nitrogens is 4. The van der Waals surface area contributed by atoms with Crippen LogP contribution in [0.25, 0.3) is 5.65 Å². The van der Waals surface area contributed by atoms with Crippen LogP contribution in [0.15, 0.2) is 61.1 Å². The second-order valence-electron chi connectivity index (χ2n) is 10.1. The van der Waals surface area contributed by atoms with Gasteiger partial charge in [-0.3, -0.25) is 14.6 Å². The first-order valence-corrected chi connectivity index (χ1v) is 13.2. The molecular formula is C28H29FN8O2. The Hall–Kier alpha value is -4.54. The third-order valence-electron chi connectivity index (χ3n) is 7.11. The summed E-state index contributed by atoms with van der Waals surface area (Å²) >= 11 is 0. The SMILES string of the molecule is O=C(N[C@H]1CC[C@H](Nc2cc(NC3CC3)c3ncc(C(=O)Nc4ccncc4F)n3n2)CC1)c1ccccc1. The van der Waals surface area contributed by atoms with Crippen molar-refractivity contribution in [3.05, 3.63) is 78.1 Å². The molecule has 2 fully saturated rings. The van der Waals surface area contributed by atoms with Crippen LogP contribution in [0.1, 0.15) is 59.4 Å². The molecule has 0 aliphatic heterocycles. The number of rotatable bonds is 8. The van der Waals surface area contributed by atoms with Gasteiger partial charge in [0.2, 0.25) is 0 Å². The van der Waals surface area contributed by atoms with Crippen molar-refractivity contribution in [1.82, 2.24) is 24.9 Å². The van der Waals surface area contributed by atoms with Crippen molar-refractivity contribution in [2.45, 2.75) is 56.7 Å². The lowest BCUT2D eigenvalue weighted by Gasteiger charge is -2.30. The number of pyridine rings is 1. The molecule has 0 unspecified atom stereocenters. The zero-order valence-corrected chi connectivity index (χ0v) is 21.2. The van der Waals surface area contributed by atoms with Gasteiger partial charge in [-0.2, -0.15) is 0 Å². The molecule has 1 aromatic carbocycles. The molecule has 6 rings (SSSR count). The topological polar surface area (TPSA) is 125 Å². The van der Waals surface area contributed by atoms with Crippen molar-refractivity contribution in [2.24, 2.45) is 0 Å². The van der Waals surface area contributed by atoms with Gasteiger partial charge < -0.3 is 21.3 Å². The average Bonchev–Trinajstić information content (AvgIpc) is 3.66. The molecule has 0 spiro atoms. The van der Waals surface area contributed by atoms with E-state index in [1.54, 1.807) is 0 Å². The number of carbonyl (C=O) groups is 2. The first-order valence-electron chi connectivity index (χ1n) is 13.2. The fourth-order valence-electron chi connectivity index (χ4n) is 4.86. The summed E-state index contributed by atoms with van der Waals surface area (Å²) in [5.41, 5.74) is 2.20. The quantitative estimate of drug-likeness (QED) is 0.270. The Morgan fingerprint density at radius 1 is 0.846 bits per heavy atom.